The molecule has 0 amide bonds. The maximum absolute atomic E-state index is 11.2. The first-order chi connectivity index (χ1) is 11.1. The maximum atomic E-state index is 11.2. The Kier molecular flexibility index (Phi) is 3.98. The van der Waals surface area contributed by atoms with Gasteiger partial charge in [0.05, 0.1) is 5.75 Å². The van der Waals surface area contributed by atoms with Gasteiger partial charge >= 0.3 is 0 Å². The van der Waals surface area contributed by atoms with E-state index in [0.717, 1.165) is 18.7 Å². The Bertz CT molecular complexity index is 738. The second-order valence-electron chi connectivity index (χ2n) is 7.22. The van der Waals surface area contributed by atoms with Crippen LogP contribution >= 0.6 is 11.8 Å². The summed E-state index contributed by atoms with van der Waals surface area (Å²) in [6.45, 7) is 2.84. The SMILES string of the molecule is CC(=O)CSCC1CC2c3cccc4[nH]cc(c34)CC2N(C)C1. The number of ketones is 1. The Morgan fingerprint density at radius 1 is 1.43 bits per heavy atom. The number of Topliss-reactive ketones (excluding diaryl/α,β-unsaturated/α-hetero) is 1. The number of likely N-dealkylation sites (N-methyl/N-ethyl adjacent to an activating group) is 1. The van der Waals surface area contributed by atoms with Crippen molar-refractivity contribution in [1.29, 1.82) is 0 Å². The Morgan fingerprint density at radius 3 is 3.13 bits per heavy atom. The van der Waals surface area contributed by atoms with Crippen molar-refractivity contribution in [3.63, 3.8) is 0 Å². The molecule has 4 heteroatoms. The van der Waals surface area contributed by atoms with Crippen LogP contribution in [0.15, 0.2) is 24.4 Å². The summed E-state index contributed by atoms with van der Waals surface area (Å²) in [6.07, 6.45) is 4.61. The van der Waals surface area contributed by atoms with Gasteiger partial charge in [-0.15, -0.1) is 0 Å². The van der Waals surface area contributed by atoms with Crippen LogP contribution in [0.5, 0.6) is 0 Å². The Balaban J connectivity index is 1.59. The summed E-state index contributed by atoms with van der Waals surface area (Å²) in [4.78, 5) is 17.2. The normalized spacial score (nSPS) is 27.1. The molecule has 122 valence electrons. The minimum absolute atomic E-state index is 0.288. The van der Waals surface area contributed by atoms with Gasteiger partial charge in [-0.1, -0.05) is 12.1 Å². The number of rotatable bonds is 4. The monoisotopic (exact) mass is 328 g/mol. The van der Waals surface area contributed by atoms with Gasteiger partial charge in [0.25, 0.3) is 0 Å². The molecule has 3 unspecified atom stereocenters. The number of benzene rings is 1. The first-order valence-electron chi connectivity index (χ1n) is 8.49. The lowest BCUT2D eigenvalue weighted by Crippen LogP contribution is -2.48. The standard InChI is InChI=1S/C19H24N2OS/c1-12(22)10-23-11-13-6-16-15-4-3-5-17-19(15)14(8-20-17)7-18(16)21(2)9-13/h3-5,8,13,16,18,20H,6-7,9-11H2,1-2H3. The molecule has 23 heavy (non-hydrogen) atoms. The van der Waals surface area contributed by atoms with Gasteiger partial charge in [-0.05, 0) is 55.7 Å². The van der Waals surface area contributed by atoms with Gasteiger partial charge in [0, 0.05) is 35.6 Å². The fourth-order valence-electron chi connectivity index (χ4n) is 4.54. The number of fused-ring (bicyclic) bond motifs is 2. The van der Waals surface area contributed by atoms with Gasteiger partial charge in [0.15, 0.2) is 0 Å². The van der Waals surface area contributed by atoms with Crippen molar-refractivity contribution in [3.8, 4) is 0 Å². The van der Waals surface area contributed by atoms with Crippen molar-refractivity contribution in [2.24, 2.45) is 5.92 Å². The van der Waals surface area contributed by atoms with E-state index < -0.39 is 0 Å². The number of hydrogen-bond donors (Lipinski definition) is 1. The van der Waals surface area contributed by atoms with Crippen molar-refractivity contribution in [3.05, 3.63) is 35.5 Å². The second kappa shape index (κ2) is 5.99. The van der Waals surface area contributed by atoms with Crippen LogP contribution in [-0.2, 0) is 11.2 Å². The third-order valence-corrected chi connectivity index (χ3v) is 6.79. The number of likely N-dealkylation sites (tertiary alicyclic amines) is 1. The summed E-state index contributed by atoms with van der Waals surface area (Å²) in [5, 5.41) is 1.47. The third kappa shape index (κ3) is 2.72. The smallest absolute Gasteiger partial charge is 0.139 e. The van der Waals surface area contributed by atoms with Gasteiger partial charge in [-0.3, -0.25) is 4.79 Å². The molecule has 2 aromatic rings. The summed E-state index contributed by atoms with van der Waals surface area (Å²) in [5.74, 6) is 3.36. The second-order valence-corrected chi connectivity index (χ2v) is 8.25. The van der Waals surface area contributed by atoms with E-state index in [1.165, 1.54) is 28.5 Å². The van der Waals surface area contributed by atoms with Gasteiger partial charge in [-0.2, -0.15) is 11.8 Å². The van der Waals surface area contributed by atoms with Crippen molar-refractivity contribution >= 4 is 28.4 Å². The molecule has 2 heterocycles. The van der Waals surface area contributed by atoms with Crippen molar-refractivity contribution < 1.29 is 4.79 Å². The van der Waals surface area contributed by atoms with E-state index in [1.807, 2.05) is 0 Å². The largest absolute Gasteiger partial charge is 0.361 e. The number of nitrogens with zero attached hydrogens (tertiary/aromatic N) is 1. The molecule has 1 aromatic heterocycles. The summed E-state index contributed by atoms with van der Waals surface area (Å²) in [7, 11) is 2.28. The molecule has 1 aliphatic heterocycles. The first kappa shape index (κ1) is 15.3. The fraction of sp³-hybridized carbons (Fsp3) is 0.526. The number of thioether (sulfide) groups is 1. The minimum Gasteiger partial charge on any atom is -0.361 e. The van der Waals surface area contributed by atoms with E-state index in [2.05, 4.69) is 41.3 Å². The zero-order chi connectivity index (χ0) is 16.0. The average molecular weight is 328 g/mol. The van der Waals surface area contributed by atoms with Crippen molar-refractivity contribution in [1.82, 2.24) is 9.88 Å². The Morgan fingerprint density at radius 2 is 2.30 bits per heavy atom. The van der Waals surface area contributed by atoms with Crippen LogP contribution in [0.4, 0.5) is 0 Å². The fourth-order valence-corrected chi connectivity index (χ4v) is 5.52. The predicted molar refractivity (Wildman–Crippen MR) is 97.3 cm³/mol. The highest BCUT2D eigenvalue weighted by Crippen LogP contribution is 2.44. The topological polar surface area (TPSA) is 36.1 Å². The summed E-state index contributed by atoms with van der Waals surface area (Å²) >= 11 is 1.81. The van der Waals surface area contributed by atoms with Crippen LogP contribution in [0, 0.1) is 5.92 Å². The molecule has 1 aliphatic carbocycles. The lowest BCUT2D eigenvalue weighted by Gasteiger charge is -2.45. The highest BCUT2D eigenvalue weighted by molar-refractivity contribution is 7.99. The lowest BCUT2D eigenvalue weighted by atomic mass is 9.73. The molecule has 0 radical (unpaired) electrons. The number of carbonyl (C=O) groups excluding carboxylic acids is 1. The molecule has 3 atom stereocenters. The van der Waals surface area contributed by atoms with Crippen LogP contribution in [-0.4, -0.2) is 46.8 Å². The number of aromatic nitrogens is 1. The highest BCUT2D eigenvalue weighted by Gasteiger charge is 2.39. The Hall–Kier alpha value is -1.26. The van der Waals surface area contributed by atoms with Crippen molar-refractivity contribution in [2.75, 3.05) is 25.1 Å². The van der Waals surface area contributed by atoms with E-state index >= 15 is 0 Å². The molecule has 1 N–H and O–H groups in total. The number of H-pyrrole nitrogens is 1. The van der Waals surface area contributed by atoms with Gasteiger partial charge in [0.2, 0.25) is 0 Å². The zero-order valence-electron chi connectivity index (χ0n) is 13.8. The van der Waals surface area contributed by atoms with E-state index in [0.29, 0.717) is 23.6 Å². The van der Waals surface area contributed by atoms with Gasteiger partial charge in [-0.25, -0.2) is 0 Å². The van der Waals surface area contributed by atoms with E-state index in [1.54, 1.807) is 18.7 Å². The van der Waals surface area contributed by atoms with E-state index in [-0.39, 0.29) is 5.78 Å². The number of hydrogen-bond acceptors (Lipinski definition) is 3. The maximum Gasteiger partial charge on any atom is 0.139 e. The van der Waals surface area contributed by atoms with E-state index in [4.69, 9.17) is 0 Å². The molecule has 2 aliphatic rings. The highest BCUT2D eigenvalue weighted by atomic mass is 32.2. The molecular weight excluding hydrogens is 304 g/mol. The quantitative estimate of drug-likeness (QED) is 0.934. The molecule has 1 aromatic carbocycles. The predicted octanol–water partition coefficient (Wildman–Crippen LogP) is 3.45. The van der Waals surface area contributed by atoms with Crippen molar-refractivity contribution in [2.45, 2.75) is 31.7 Å². The first-order valence-corrected chi connectivity index (χ1v) is 9.65. The number of carbonyl (C=O) groups is 1. The van der Waals surface area contributed by atoms with Crippen LogP contribution in [0.25, 0.3) is 10.9 Å². The van der Waals surface area contributed by atoms with Gasteiger partial charge in [0.1, 0.15) is 5.78 Å². The number of piperidine rings is 1. The van der Waals surface area contributed by atoms with Crippen LogP contribution < -0.4 is 0 Å². The molecule has 0 bridgehead atoms. The third-order valence-electron chi connectivity index (χ3n) is 5.47. The molecule has 0 saturated carbocycles. The Labute approximate surface area is 141 Å². The lowest BCUT2D eigenvalue weighted by molar-refractivity contribution is -0.114. The summed E-state index contributed by atoms with van der Waals surface area (Å²) in [6, 6.07) is 7.33. The molecular formula is C19H24N2OS. The molecule has 3 nitrogen and oxygen atoms in total. The molecule has 4 rings (SSSR count). The summed E-state index contributed by atoms with van der Waals surface area (Å²) in [5.41, 5.74) is 4.29. The zero-order valence-corrected chi connectivity index (χ0v) is 14.7. The molecule has 1 fully saturated rings. The van der Waals surface area contributed by atoms with Crippen LogP contribution in [0.1, 0.15) is 30.4 Å². The summed E-state index contributed by atoms with van der Waals surface area (Å²) < 4.78 is 0. The number of aromatic amines is 1. The number of nitrogens with one attached hydrogen (secondary N) is 1. The molecule has 0 spiro atoms. The van der Waals surface area contributed by atoms with Crippen LogP contribution in [0.3, 0.4) is 0 Å². The van der Waals surface area contributed by atoms with Crippen LogP contribution in [0.2, 0.25) is 0 Å². The average Bonchev–Trinajstić information content (AvgIpc) is 2.93. The van der Waals surface area contributed by atoms with E-state index in [9.17, 15) is 4.79 Å². The van der Waals surface area contributed by atoms with Gasteiger partial charge < -0.3 is 9.88 Å². The molecule has 1 saturated heterocycles. The minimum atomic E-state index is 0.288.